The van der Waals surface area contributed by atoms with Gasteiger partial charge in [-0.1, -0.05) is 23.7 Å². The van der Waals surface area contributed by atoms with Crippen molar-refractivity contribution in [3.05, 3.63) is 51.1 Å². The SMILES string of the molecule is O=C(C=C(Cl)CCl)c1cccc([N+](=O)[O-])c1. The maximum absolute atomic E-state index is 11.5. The lowest BCUT2D eigenvalue weighted by atomic mass is 10.1. The fraction of sp³-hybridized carbons (Fsp3) is 0.100. The van der Waals surface area contributed by atoms with E-state index < -0.39 is 10.7 Å². The summed E-state index contributed by atoms with van der Waals surface area (Å²) in [6, 6.07) is 5.42. The molecule has 0 amide bonds. The van der Waals surface area contributed by atoms with E-state index in [4.69, 9.17) is 23.2 Å². The number of non-ortho nitro benzene ring substituents is 1. The molecule has 4 nitrogen and oxygen atoms in total. The summed E-state index contributed by atoms with van der Waals surface area (Å²) in [4.78, 5) is 21.5. The lowest BCUT2D eigenvalue weighted by Gasteiger charge is -1.96. The molecule has 0 saturated heterocycles. The molecule has 84 valence electrons. The number of carbonyl (C=O) groups excluding carboxylic acids is 1. The zero-order valence-corrected chi connectivity index (χ0v) is 9.53. The summed E-state index contributed by atoms with van der Waals surface area (Å²) in [5.74, 6) is -0.378. The van der Waals surface area contributed by atoms with Crippen LogP contribution in [0.1, 0.15) is 10.4 Å². The number of hydrogen-bond acceptors (Lipinski definition) is 3. The normalized spacial score (nSPS) is 11.2. The van der Waals surface area contributed by atoms with Gasteiger partial charge in [0.25, 0.3) is 5.69 Å². The number of halogens is 2. The van der Waals surface area contributed by atoms with Crippen LogP contribution in [0, 0.1) is 10.1 Å². The molecule has 0 atom stereocenters. The number of nitro benzene ring substituents is 1. The zero-order chi connectivity index (χ0) is 12.1. The first-order valence-corrected chi connectivity index (χ1v) is 5.16. The molecule has 1 rings (SSSR count). The van der Waals surface area contributed by atoms with E-state index in [-0.39, 0.29) is 22.2 Å². The zero-order valence-electron chi connectivity index (χ0n) is 8.02. The van der Waals surface area contributed by atoms with Crippen molar-refractivity contribution in [2.75, 3.05) is 5.88 Å². The summed E-state index contributed by atoms with van der Waals surface area (Å²) in [6.07, 6.45) is 1.15. The molecule has 1 aromatic rings. The average molecular weight is 260 g/mol. The summed E-state index contributed by atoms with van der Waals surface area (Å²) in [5.41, 5.74) is 0.0683. The van der Waals surface area contributed by atoms with Gasteiger partial charge in [0.1, 0.15) is 0 Å². The van der Waals surface area contributed by atoms with E-state index in [1.807, 2.05) is 0 Å². The molecule has 16 heavy (non-hydrogen) atoms. The summed E-state index contributed by atoms with van der Waals surface area (Å²) in [6.45, 7) is 0. The van der Waals surface area contributed by atoms with Crippen molar-refractivity contribution in [2.45, 2.75) is 0 Å². The van der Waals surface area contributed by atoms with E-state index in [0.29, 0.717) is 0 Å². The lowest BCUT2D eigenvalue weighted by Crippen LogP contribution is -1.97. The topological polar surface area (TPSA) is 60.2 Å². The van der Waals surface area contributed by atoms with E-state index in [2.05, 4.69) is 0 Å². The standard InChI is InChI=1S/C10H7Cl2NO3/c11-6-8(12)5-10(14)7-2-1-3-9(4-7)13(15)16/h1-5H,6H2. The molecule has 6 heteroatoms. The molecule has 0 N–H and O–H groups in total. The first-order chi connectivity index (χ1) is 7.54. The Bertz CT molecular complexity index is 457. The van der Waals surface area contributed by atoms with Crippen molar-refractivity contribution in [2.24, 2.45) is 0 Å². The first-order valence-electron chi connectivity index (χ1n) is 4.25. The highest BCUT2D eigenvalue weighted by atomic mass is 35.5. The number of rotatable bonds is 4. The minimum absolute atomic E-state index is 0.0300. The Kier molecular flexibility index (Phi) is 4.46. The van der Waals surface area contributed by atoms with Gasteiger partial charge in [0.15, 0.2) is 5.78 Å². The van der Waals surface area contributed by atoms with Crippen molar-refractivity contribution >= 4 is 34.7 Å². The molecule has 0 aliphatic carbocycles. The van der Waals surface area contributed by atoms with Crippen molar-refractivity contribution in [1.29, 1.82) is 0 Å². The van der Waals surface area contributed by atoms with Crippen LogP contribution in [0.4, 0.5) is 5.69 Å². The molecule has 0 spiro atoms. The Morgan fingerprint density at radius 3 is 2.75 bits per heavy atom. The predicted octanol–water partition coefficient (Wildman–Crippen LogP) is 3.14. The number of carbonyl (C=O) groups is 1. The second-order valence-corrected chi connectivity index (χ2v) is 3.65. The minimum atomic E-state index is -0.566. The Hall–Kier alpha value is -1.39. The molecule has 0 aliphatic rings. The highest BCUT2D eigenvalue weighted by Gasteiger charge is 2.10. The van der Waals surface area contributed by atoms with Gasteiger partial charge in [-0.15, -0.1) is 11.6 Å². The molecule has 0 unspecified atom stereocenters. The fourth-order valence-corrected chi connectivity index (χ4v) is 1.21. The van der Waals surface area contributed by atoms with Gasteiger partial charge in [0.05, 0.1) is 10.8 Å². The van der Waals surface area contributed by atoms with Crippen molar-refractivity contribution in [3.63, 3.8) is 0 Å². The molecular weight excluding hydrogens is 253 g/mol. The second-order valence-electron chi connectivity index (χ2n) is 2.90. The third kappa shape index (κ3) is 3.32. The monoisotopic (exact) mass is 259 g/mol. The fourth-order valence-electron chi connectivity index (χ4n) is 1.04. The van der Waals surface area contributed by atoms with Gasteiger partial charge in [-0.3, -0.25) is 14.9 Å². The number of nitro groups is 1. The van der Waals surface area contributed by atoms with Crippen LogP contribution in [0.5, 0.6) is 0 Å². The maximum Gasteiger partial charge on any atom is 0.270 e. The van der Waals surface area contributed by atoms with Gasteiger partial charge >= 0.3 is 0 Å². The van der Waals surface area contributed by atoms with Gasteiger partial charge in [-0.25, -0.2) is 0 Å². The summed E-state index contributed by atoms with van der Waals surface area (Å²) >= 11 is 11.0. The number of allylic oxidation sites excluding steroid dienone is 2. The van der Waals surface area contributed by atoms with Crippen LogP contribution in [0.3, 0.4) is 0 Å². The van der Waals surface area contributed by atoms with E-state index in [1.54, 1.807) is 0 Å². The van der Waals surface area contributed by atoms with E-state index >= 15 is 0 Å². The molecule has 0 aromatic heterocycles. The van der Waals surface area contributed by atoms with Crippen LogP contribution in [-0.4, -0.2) is 16.6 Å². The Labute approximate surface area is 102 Å². The number of alkyl halides is 1. The predicted molar refractivity (Wildman–Crippen MR) is 62.1 cm³/mol. The van der Waals surface area contributed by atoms with Gasteiger partial charge in [0.2, 0.25) is 0 Å². The molecule has 0 fully saturated rings. The summed E-state index contributed by atoms with van der Waals surface area (Å²) < 4.78 is 0. The molecule has 0 aliphatic heterocycles. The van der Waals surface area contributed by atoms with E-state index in [0.717, 1.165) is 6.08 Å². The molecule has 0 bridgehead atoms. The Morgan fingerprint density at radius 1 is 1.50 bits per heavy atom. The van der Waals surface area contributed by atoms with Crippen LogP contribution in [0.25, 0.3) is 0 Å². The Balaban J connectivity index is 3.01. The molecule has 1 aromatic carbocycles. The molecular formula is C10H7Cl2NO3. The third-order valence-corrected chi connectivity index (χ3v) is 2.42. The lowest BCUT2D eigenvalue weighted by molar-refractivity contribution is -0.384. The Morgan fingerprint density at radius 2 is 2.19 bits per heavy atom. The highest BCUT2D eigenvalue weighted by molar-refractivity contribution is 6.37. The van der Waals surface area contributed by atoms with Crippen molar-refractivity contribution in [3.8, 4) is 0 Å². The van der Waals surface area contributed by atoms with Crippen LogP contribution < -0.4 is 0 Å². The molecule has 0 saturated carbocycles. The number of benzene rings is 1. The largest absolute Gasteiger partial charge is 0.289 e. The molecule has 0 radical (unpaired) electrons. The van der Waals surface area contributed by atoms with Gasteiger partial charge in [-0.2, -0.15) is 0 Å². The van der Waals surface area contributed by atoms with Crippen LogP contribution in [0.2, 0.25) is 0 Å². The van der Waals surface area contributed by atoms with Gasteiger partial charge in [0, 0.05) is 28.8 Å². The highest BCUT2D eigenvalue weighted by Crippen LogP contribution is 2.15. The van der Waals surface area contributed by atoms with E-state index in [9.17, 15) is 14.9 Å². The van der Waals surface area contributed by atoms with Crippen LogP contribution in [-0.2, 0) is 0 Å². The first kappa shape index (κ1) is 12.7. The van der Waals surface area contributed by atoms with Gasteiger partial charge < -0.3 is 0 Å². The summed E-state index contributed by atoms with van der Waals surface area (Å²) in [5, 5.41) is 10.7. The number of nitrogens with zero attached hydrogens (tertiary/aromatic N) is 1. The van der Waals surface area contributed by atoms with Crippen molar-refractivity contribution < 1.29 is 9.72 Å². The van der Waals surface area contributed by atoms with Gasteiger partial charge in [-0.05, 0) is 0 Å². The number of hydrogen-bond donors (Lipinski definition) is 0. The second kappa shape index (κ2) is 5.63. The van der Waals surface area contributed by atoms with Crippen molar-refractivity contribution in [1.82, 2.24) is 0 Å². The smallest absolute Gasteiger partial charge is 0.270 e. The van der Waals surface area contributed by atoms with Crippen LogP contribution in [0.15, 0.2) is 35.4 Å². The average Bonchev–Trinajstić information content (AvgIpc) is 2.28. The third-order valence-electron chi connectivity index (χ3n) is 1.76. The summed E-state index contributed by atoms with van der Waals surface area (Å²) in [7, 11) is 0. The quantitative estimate of drug-likeness (QED) is 0.274. The van der Waals surface area contributed by atoms with Crippen LogP contribution >= 0.6 is 23.2 Å². The maximum atomic E-state index is 11.5. The van der Waals surface area contributed by atoms with E-state index in [1.165, 1.54) is 24.3 Å². The minimum Gasteiger partial charge on any atom is -0.289 e. The molecule has 0 heterocycles. The number of ketones is 1.